The lowest BCUT2D eigenvalue weighted by Gasteiger charge is -2.35. The Bertz CT molecular complexity index is 1290. The lowest BCUT2D eigenvalue weighted by molar-refractivity contribution is -0.123. The zero-order chi connectivity index (χ0) is 23.2. The second-order valence-corrected chi connectivity index (χ2v) is 8.92. The van der Waals surface area contributed by atoms with Crippen molar-refractivity contribution in [1.29, 1.82) is 0 Å². The predicted molar refractivity (Wildman–Crippen MR) is 125 cm³/mol. The fourth-order valence-corrected chi connectivity index (χ4v) is 5.05. The number of fused-ring (bicyclic) bond motifs is 2. The monoisotopic (exact) mass is 459 g/mol. The molecule has 10 nitrogen and oxygen atoms in total. The lowest BCUT2D eigenvalue weighted by Crippen LogP contribution is -2.56. The van der Waals surface area contributed by atoms with Crippen LogP contribution in [0.4, 0.5) is 10.5 Å². The number of imide groups is 1. The molecule has 2 saturated heterocycles. The Morgan fingerprint density at radius 1 is 0.971 bits per heavy atom. The fraction of sp³-hybridized carbons (Fsp3) is 0.333. The number of nitrogens with one attached hydrogen (secondary N) is 2. The molecule has 2 fully saturated rings. The first-order chi connectivity index (χ1) is 16.6. The number of hydrazine groups is 1. The second kappa shape index (κ2) is 8.14. The van der Waals surface area contributed by atoms with E-state index in [4.69, 9.17) is 0 Å². The number of amides is 4. The van der Waals surface area contributed by atoms with Crippen molar-refractivity contribution < 1.29 is 14.4 Å². The summed E-state index contributed by atoms with van der Waals surface area (Å²) in [5.74, 6) is -0.512. The maximum Gasteiger partial charge on any atom is 0.342 e. The first-order valence-electron chi connectivity index (χ1n) is 11.5. The van der Waals surface area contributed by atoms with Crippen molar-refractivity contribution in [3.8, 4) is 0 Å². The highest BCUT2D eigenvalue weighted by atomic mass is 16.2. The molecule has 3 aliphatic heterocycles. The Kier molecular flexibility index (Phi) is 4.95. The van der Waals surface area contributed by atoms with Gasteiger partial charge in [-0.25, -0.2) is 19.8 Å². The van der Waals surface area contributed by atoms with Crippen LogP contribution in [-0.4, -0.2) is 75.5 Å². The van der Waals surface area contributed by atoms with Gasteiger partial charge < -0.3 is 9.88 Å². The van der Waals surface area contributed by atoms with E-state index in [-0.39, 0.29) is 24.8 Å². The molecule has 10 heteroatoms. The summed E-state index contributed by atoms with van der Waals surface area (Å²) in [5.41, 5.74) is 4.79. The zero-order valence-electron chi connectivity index (χ0n) is 18.7. The number of carbonyl (C=O) groups is 3. The third kappa shape index (κ3) is 3.56. The van der Waals surface area contributed by atoms with Gasteiger partial charge in [0, 0.05) is 62.5 Å². The van der Waals surface area contributed by atoms with Crippen LogP contribution in [0, 0.1) is 0 Å². The average molecular weight is 460 g/mol. The van der Waals surface area contributed by atoms with E-state index in [9.17, 15) is 14.4 Å². The highest BCUT2D eigenvalue weighted by Gasteiger charge is 2.37. The van der Waals surface area contributed by atoms with E-state index in [1.54, 1.807) is 6.20 Å². The quantitative estimate of drug-likeness (QED) is 0.615. The van der Waals surface area contributed by atoms with Crippen molar-refractivity contribution in [2.75, 3.05) is 37.6 Å². The van der Waals surface area contributed by atoms with Crippen LogP contribution in [0.25, 0.3) is 11.0 Å². The van der Waals surface area contributed by atoms with Crippen LogP contribution in [0.3, 0.4) is 0 Å². The van der Waals surface area contributed by atoms with Crippen molar-refractivity contribution in [3.63, 3.8) is 0 Å². The van der Waals surface area contributed by atoms with Gasteiger partial charge in [0.2, 0.25) is 5.91 Å². The molecule has 2 aromatic heterocycles. The molecule has 3 aliphatic rings. The summed E-state index contributed by atoms with van der Waals surface area (Å²) < 4.78 is 0. The van der Waals surface area contributed by atoms with Crippen LogP contribution in [0.2, 0.25) is 0 Å². The normalized spacial score (nSPS) is 19.2. The third-order valence-electron chi connectivity index (χ3n) is 6.83. The smallest absolute Gasteiger partial charge is 0.342 e. The van der Waals surface area contributed by atoms with E-state index < -0.39 is 6.03 Å². The number of urea groups is 1. The lowest BCUT2D eigenvalue weighted by atomic mass is 10.1. The topological polar surface area (TPSA) is 105 Å². The summed E-state index contributed by atoms with van der Waals surface area (Å²) in [7, 11) is 0. The van der Waals surface area contributed by atoms with Crippen molar-refractivity contribution >= 4 is 34.6 Å². The summed E-state index contributed by atoms with van der Waals surface area (Å²) in [6.45, 7) is 5.11. The molecule has 3 aromatic rings. The predicted octanol–water partition coefficient (Wildman–Crippen LogP) is 1.70. The van der Waals surface area contributed by atoms with Crippen LogP contribution in [0.1, 0.15) is 27.9 Å². The summed E-state index contributed by atoms with van der Waals surface area (Å²) in [6, 6.07) is 9.44. The molecule has 34 heavy (non-hydrogen) atoms. The summed E-state index contributed by atoms with van der Waals surface area (Å²) in [4.78, 5) is 48.9. The molecule has 0 bridgehead atoms. The maximum absolute atomic E-state index is 12.9. The van der Waals surface area contributed by atoms with Crippen molar-refractivity contribution in [2.45, 2.75) is 19.5 Å². The van der Waals surface area contributed by atoms with E-state index in [2.05, 4.69) is 37.2 Å². The molecule has 174 valence electrons. The first kappa shape index (κ1) is 20.7. The minimum Gasteiger partial charge on any atom is -0.367 e. The van der Waals surface area contributed by atoms with Crippen LogP contribution >= 0.6 is 0 Å². The maximum atomic E-state index is 12.9. The van der Waals surface area contributed by atoms with Gasteiger partial charge >= 0.3 is 6.03 Å². The van der Waals surface area contributed by atoms with Gasteiger partial charge in [-0.05, 0) is 29.3 Å². The van der Waals surface area contributed by atoms with E-state index in [0.717, 1.165) is 54.9 Å². The molecule has 0 unspecified atom stereocenters. The molecule has 2 N–H and O–H groups in total. The molecule has 0 spiro atoms. The van der Waals surface area contributed by atoms with Gasteiger partial charge in [0.25, 0.3) is 5.91 Å². The van der Waals surface area contributed by atoms with Gasteiger partial charge in [0.15, 0.2) is 0 Å². The summed E-state index contributed by atoms with van der Waals surface area (Å²) in [6.07, 6.45) is 4.03. The number of pyridine rings is 1. The number of carbonyl (C=O) groups excluding carboxylic acids is 3. The Labute approximate surface area is 196 Å². The minimum atomic E-state index is -0.540. The molecule has 4 amide bonds. The summed E-state index contributed by atoms with van der Waals surface area (Å²) in [5, 5.41) is 6.20. The van der Waals surface area contributed by atoms with Crippen molar-refractivity contribution in [1.82, 2.24) is 30.2 Å². The van der Waals surface area contributed by atoms with Gasteiger partial charge in [0.05, 0.1) is 18.8 Å². The third-order valence-corrected chi connectivity index (χ3v) is 6.83. The van der Waals surface area contributed by atoms with Gasteiger partial charge in [0.1, 0.15) is 5.65 Å². The number of hydrogen-bond donors (Lipinski definition) is 2. The SMILES string of the molecule is O=C1CCN(N2Cc3cc(CN4CCN(c5c[nH]c6ncccc56)CC4)ccc3C2=O)C(=O)N1. The van der Waals surface area contributed by atoms with Crippen LogP contribution in [0.5, 0.6) is 0 Å². The standard InChI is InChI=1S/C24H25N7O3/c32-21-5-7-30(24(34)27-21)31-15-17-12-16(3-4-18(17)23(31)33)14-28-8-10-29(11-9-28)20-13-26-22-19(20)2-1-6-25-22/h1-4,6,12-13H,5,7-11,14-15H2,(H,25,26)(H,27,32,34). The van der Waals surface area contributed by atoms with Crippen LogP contribution in [0.15, 0.2) is 42.7 Å². The van der Waals surface area contributed by atoms with Gasteiger partial charge in [-0.15, -0.1) is 0 Å². The van der Waals surface area contributed by atoms with E-state index in [0.29, 0.717) is 12.1 Å². The highest BCUT2D eigenvalue weighted by molar-refractivity contribution is 6.02. The molecule has 0 saturated carbocycles. The molecule has 0 atom stereocenters. The summed E-state index contributed by atoms with van der Waals surface area (Å²) >= 11 is 0. The van der Waals surface area contributed by atoms with Crippen LogP contribution in [-0.2, 0) is 17.9 Å². The molecule has 0 radical (unpaired) electrons. The molecule has 0 aliphatic carbocycles. The Morgan fingerprint density at radius 3 is 2.65 bits per heavy atom. The number of aromatic amines is 1. The van der Waals surface area contributed by atoms with Crippen molar-refractivity contribution in [3.05, 3.63) is 59.4 Å². The number of benzene rings is 1. The zero-order valence-corrected chi connectivity index (χ0v) is 18.7. The van der Waals surface area contributed by atoms with Crippen molar-refractivity contribution in [2.24, 2.45) is 0 Å². The molecular weight excluding hydrogens is 434 g/mol. The number of anilines is 1. The van der Waals surface area contributed by atoms with E-state index in [1.165, 1.54) is 15.7 Å². The molecule has 6 rings (SSSR count). The number of piperazine rings is 1. The largest absolute Gasteiger partial charge is 0.367 e. The highest BCUT2D eigenvalue weighted by Crippen LogP contribution is 2.28. The van der Waals surface area contributed by atoms with E-state index >= 15 is 0 Å². The van der Waals surface area contributed by atoms with Crippen LogP contribution < -0.4 is 10.2 Å². The minimum absolute atomic E-state index is 0.193. The average Bonchev–Trinajstić information content (AvgIpc) is 3.41. The first-order valence-corrected chi connectivity index (χ1v) is 11.5. The molecule has 1 aromatic carbocycles. The van der Waals surface area contributed by atoms with Gasteiger partial charge in [-0.1, -0.05) is 12.1 Å². The Morgan fingerprint density at radius 2 is 1.82 bits per heavy atom. The Hall–Kier alpha value is -3.92. The number of aromatic nitrogens is 2. The fourth-order valence-electron chi connectivity index (χ4n) is 5.05. The number of rotatable bonds is 4. The molecule has 5 heterocycles. The molecular formula is C24H25N7O3. The van der Waals surface area contributed by atoms with E-state index in [1.807, 2.05) is 24.4 Å². The Balaban J connectivity index is 1.10. The number of H-pyrrole nitrogens is 1. The van der Waals surface area contributed by atoms with Gasteiger partial charge in [-0.2, -0.15) is 0 Å². The second-order valence-electron chi connectivity index (χ2n) is 8.92. The van der Waals surface area contributed by atoms with Gasteiger partial charge in [-0.3, -0.25) is 19.8 Å². The number of nitrogens with zero attached hydrogens (tertiary/aromatic N) is 5. The number of hydrogen-bond acceptors (Lipinski definition) is 6.